The number of halogens is 2. The summed E-state index contributed by atoms with van der Waals surface area (Å²) in [6.45, 7) is 4.64. The highest BCUT2D eigenvalue weighted by molar-refractivity contribution is 5.81. The number of nitrogens with zero attached hydrogens (tertiary/aromatic N) is 2. The Kier molecular flexibility index (Phi) is 4.34. The molecule has 0 radical (unpaired) electrons. The fourth-order valence-electron chi connectivity index (χ4n) is 2.57. The lowest BCUT2D eigenvalue weighted by atomic mass is 9.90. The number of hydrogen-bond acceptors (Lipinski definition) is 4. The molecular weight excluding hydrogens is 276 g/mol. The smallest absolute Gasteiger partial charge is 0.387 e. The van der Waals surface area contributed by atoms with Crippen LogP contribution in [0.1, 0.15) is 26.3 Å². The molecule has 1 aromatic rings. The molecule has 0 bridgehead atoms. The van der Waals surface area contributed by atoms with Crippen LogP contribution in [0.4, 0.5) is 8.78 Å². The number of aliphatic imine (C=N–C) groups is 1. The standard InChI is InChI=1S/C15H21F2N3O/c1-10(2)8-20-14(18)19-9-15(20,3)11-5-4-6-12(7-11)21-13(16)17/h4-7,10,13H,8-9H2,1-3H3,(H2,18,19). The van der Waals surface area contributed by atoms with E-state index in [0.717, 1.165) is 12.1 Å². The number of ether oxygens (including phenoxy) is 1. The molecule has 0 fully saturated rings. The third-order valence-electron chi connectivity index (χ3n) is 3.65. The van der Waals surface area contributed by atoms with Gasteiger partial charge >= 0.3 is 6.61 Å². The summed E-state index contributed by atoms with van der Waals surface area (Å²) in [5, 5.41) is 0. The van der Waals surface area contributed by atoms with Crippen LogP contribution in [0.2, 0.25) is 0 Å². The molecule has 116 valence electrons. The minimum atomic E-state index is -2.83. The minimum Gasteiger partial charge on any atom is -0.435 e. The Morgan fingerprint density at radius 1 is 1.43 bits per heavy atom. The average Bonchev–Trinajstić information content (AvgIpc) is 2.67. The van der Waals surface area contributed by atoms with Gasteiger partial charge in [-0.2, -0.15) is 8.78 Å². The van der Waals surface area contributed by atoms with E-state index in [9.17, 15) is 8.78 Å². The van der Waals surface area contributed by atoms with E-state index in [0.29, 0.717) is 18.4 Å². The van der Waals surface area contributed by atoms with E-state index in [4.69, 9.17) is 5.73 Å². The molecule has 1 aliphatic rings. The molecule has 2 rings (SSSR count). The Hall–Kier alpha value is -1.85. The van der Waals surface area contributed by atoms with Crippen molar-refractivity contribution in [3.63, 3.8) is 0 Å². The molecule has 0 aliphatic carbocycles. The summed E-state index contributed by atoms with van der Waals surface area (Å²) in [6, 6.07) is 6.75. The van der Waals surface area contributed by atoms with Gasteiger partial charge in [0, 0.05) is 6.54 Å². The van der Waals surface area contributed by atoms with E-state index < -0.39 is 12.2 Å². The van der Waals surface area contributed by atoms with Gasteiger partial charge in [-0.15, -0.1) is 0 Å². The van der Waals surface area contributed by atoms with E-state index >= 15 is 0 Å². The number of hydrogen-bond donors (Lipinski definition) is 1. The molecule has 1 aromatic carbocycles. The summed E-state index contributed by atoms with van der Waals surface area (Å²) in [7, 11) is 0. The number of rotatable bonds is 5. The topological polar surface area (TPSA) is 50.8 Å². The van der Waals surface area contributed by atoms with Crippen molar-refractivity contribution in [1.82, 2.24) is 4.90 Å². The molecule has 1 aliphatic heterocycles. The van der Waals surface area contributed by atoms with Crippen molar-refractivity contribution in [1.29, 1.82) is 0 Å². The largest absolute Gasteiger partial charge is 0.435 e. The van der Waals surface area contributed by atoms with E-state index in [-0.39, 0.29) is 5.75 Å². The fraction of sp³-hybridized carbons (Fsp3) is 0.533. The fourth-order valence-corrected chi connectivity index (χ4v) is 2.57. The molecular formula is C15H21F2N3O. The third kappa shape index (κ3) is 3.25. The summed E-state index contributed by atoms with van der Waals surface area (Å²) in [4.78, 5) is 6.35. The monoisotopic (exact) mass is 297 g/mol. The van der Waals surface area contributed by atoms with Gasteiger partial charge in [0.05, 0.1) is 12.1 Å². The highest BCUT2D eigenvalue weighted by atomic mass is 19.3. The lowest BCUT2D eigenvalue weighted by Crippen LogP contribution is -2.49. The summed E-state index contributed by atoms with van der Waals surface area (Å²) in [5.41, 5.74) is 6.42. The van der Waals surface area contributed by atoms with Gasteiger partial charge in [0.1, 0.15) is 5.75 Å². The summed E-state index contributed by atoms with van der Waals surface area (Å²) in [5.74, 6) is 1.06. The summed E-state index contributed by atoms with van der Waals surface area (Å²) in [6.07, 6.45) is 0. The predicted molar refractivity (Wildman–Crippen MR) is 78.5 cm³/mol. The molecule has 1 heterocycles. The quantitative estimate of drug-likeness (QED) is 0.909. The van der Waals surface area contributed by atoms with E-state index in [1.165, 1.54) is 6.07 Å². The number of nitrogens with two attached hydrogens (primary N) is 1. The number of guanidine groups is 1. The lowest BCUT2D eigenvalue weighted by Gasteiger charge is -2.38. The average molecular weight is 297 g/mol. The van der Waals surface area contributed by atoms with Gasteiger partial charge in [-0.1, -0.05) is 26.0 Å². The lowest BCUT2D eigenvalue weighted by molar-refractivity contribution is -0.0499. The van der Waals surface area contributed by atoms with Crippen LogP contribution in [0.3, 0.4) is 0 Å². The first-order valence-corrected chi connectivity index (χ1v) is 6.96. The zero-order valence-electron chi connectivity index (χ0n) is 12.5. The summed E-state index contributed by atoms with van der Waals surface area (Å²) < 4.78 is 29.2. The number of alkyl halides is 2. The molecule has 1 atom stereocenters. The van der Waals surface area contributed by atoms with Crippen LogP contribution in [-0.4, -0.2) is 30.6 Å². The normalized spacial score (nSPS) is 22.0. The molecule has 0 saturated heterocycles. The van der Waals surface area contributed by atoms with Crippen molar-refractivity contribution in [2.45, 2.75) is 32.9 Å². The first-order valence-electron chi connectivity index (χ1n) is 6.96. The maximum absolute atomic E-state index is 12.4. The first kappa shape index (κ1) is 15.5. The molecule has 4 nitrogen and oxygen atoms in total. The SMILES string of the molecule is CC(C)CN1C(N)=NCC1(C)c1cccc(OC(F)F)c1. The predicted octanol–water partition coefficient (Wildman–Crippen LogP) is 2.79. The van der Waals surface area contributed by atoms with Crippen molar-refractivity contribution in [2.24, 2.45) is 16.6 Å². The molecule has 0 spiro atoms. The molecule has 0 aromatic heterocycles. The van der Waals surface area contributed by atoms with E-state index in [1.54, 1.807) is 12.1 Å². The zero-order chi connectivity index (χ0) is 15.6. The molecule has 0 amide bonds. The second kappa shape index (κ2) is 5.87. The van der Waals surface area contributed by atoms with Crippen LogP contribution in [0.15, 0.2) is 29.3 Å². The van der Waals surface area contributed by atoms with Crippen LogP contribution in [-0.2, 0) is 5.54 Å². The van der Waals surface area contributed by atoms with E-state index in [1.807, 2.05) is 17.9 Å². The van der Waals surface area contributed by atoms with Crippen LogP contribution < -0.4 is 10.5 Å². The maximum Gasteiger partial charge on any atom is 0.387 e. The van der Waals surface area contributed by atoms with Gasteiger partial charge < -0.3 is 15.4 Å². The Morgan fingerprint density at radius 2 is 2.14 bits per heavy atom. The first-order chi connectivity index (χ1) is 9.83. The Labute approximate surface area is 123 Å². The van der Waals surface area contributed by atoms with Gasteiger partial charge in [-0.05, 0) is 30.5 Å². The van der Waals surface area contributed by atoms with Crippen LogP contribution >= 0.6 is 0 Å². The number of benzene rings is 1. The van der Waals surface area contributed by atoms with Crippen molar-refractivity contribution >= 4 is 5.96 Å². The highest BCUT2D eigenvalue weighted by Gasteiger charge is 2.39. The summed E-state index contributed by atoms with van der Waals surface area (Å²) >= 11 is 0. The van der Waals surface area contributed by atoms with Crippen molar-refractivity contribution < 1.29 is 13.5 Å². The Morgan fingerprint density at radius 3 is 2.76 bits per heavy atom. The van der Waals surface area contributed by atoms with Gasteiger partial charge in [0.2, 0.25) is 0 Å². The van der Waals surface area contributed by atoms with Crippen LogP contribution in [0.5, 0.6) is 5.75 Å². The Balaban J connectivity index is 2.30. The van der Waals surface area contributed by atoms with Gasteiger partial charge in [0.25, 0.3) is 0 Å². The second-order valence-electron chi connectivity index (χ2n) is 5.86. The molecule has 6 heteroatoms. The highest BCUT2D eigenvalue weighted by Crippen LogP contribution is 2.35. The van der Waals surface area contributed by atoms with Gasteiger partial charge in [0.15, 0.2) is 5.96 Å². The molecule has 21 heavy (non-hydrogen) atoms. The minimum absolute atomic E-state index is 0.152. The molecule has 0 saturated carbocycles. The van der Waals surface area contributed by atoms with Crippen molar-refractivity contribution in [3.8, 4) is 5.75 Å². The molecule has 1 unspecified atom stereocenters. The third-order valence-corrected chi connectivity index (χ3v) is 3.65. The maximum atomic E-state index is 12.4. The van der Waals surface area contributed by atoms with Gasteiger partial charge in [-0.25, -0.2) is 0 Å². The van der Waals surface area contributed by atoms with E-state index in [2.05, 4.69) is 23.6 Å². The van der Waals surface area contributed by atoms with Crippen LogP contribution in [0, 0.1) is 5.92 Å². The van der Waals surface area contributed by atoms with Crippen molar-refractivity contribution in [3.05, 3.63) is 29.8 Å². The Bertz CT molecular complexity index is 533. The van der Waals surface area contributed by atoms with Gasteiger partial charge in [-0.3, -0.25) is 4.99 Å². The second-order valence-corrected chi connectivity index (χ2v) is 5.86. The zero-order valence-corrected chi connectivity index (χ0v) is 12.5. The van der Waals surface area contributed by atoms with Crippen LogP contribution in [0.25, 0.3) is 0 Å². The van der Waals surface area contributed by atoms with Crippen molar-refractivity contribution in [2.75, 3.05) is 13.1 Å². The molecule has 2 N–H and O–H groups in total.